The summed E-state index contributed by atoms with van der Waals surface area (Å²) in [5, 5.41) is 0. The van der Waals surface area contributed by atoms with E-state index in [1.54, 1.807) is 0 Å². The lowest BCUT2D eigenvalue weighted by molar-refractivity contribution is 0.0605. The van der Waals surface area contributed by atoms with Crippen LogP contribution in [-0.4, -0.2) is 33.4 Å². The molecule has 1 heterocycles. The summed E-state index contributed by atoms with van der Waals surface area (Å²) < 4.78 is 3.25. The number of halogens is 1. The van der Waals surface area contributed by atoms with Gasteiger partial charge in [0.1, 0.15) is 5.82 Å². The fourth-order valence-electron chi connectivity index (χ4n) is 4.57. The van der Waals surface area contributed by atoms with Gasteiger partial charge in [-0.05, 0) is 61.7 Å². The number of imidazole rings is 1. The van der Waals surface area contributed by atoms with Crippen LogP contribution in [0.2, 0.25) is 0 Å². The first-order valence-electron chi connectivity index (χ1n) is 12.2. The third-order valence-corrected chi connectivity index (χ3v) is 6.81. The van der Waals surface area contributed by atoms with Crippen molar-refractivity contribution in [3.05, 3.63) is 99.8 Å². The SMILES string of the molecule is Cc1ccc(C(=O)N(CCCN)[C@@H](c2nc3cc(Br)ccc3n2Cc2ccccc2)C(C)C)cc1. The van der Waals surface area contributed by atoms with Crippen molar-refractivity contribution in [2.24, 2.45) is 11.7 Å². The lowest BCUT2D eigenvalue weighted by Gasteiger charge is -2.34. The summed E-state index contributed by atoms with van der Waals surface area (Å²) in [4.78, 5) is 21.0. The van der Waals surface area contributed by atoms with E-state index in [1.165, 1.54) is 5.56 Å². The predicted octanol–water partition coefficient (Wildman–Crippen LogP) is 6.34. The standard InChI is InChI=1S/C29H33BrN4O/c1-20(2)27(33(17-7-16-31)29(35)23-12-10-21(3)11-13-23)28-32-25-18-24(30)14-15-26(25)34(28)19-22-8-5-4-6-9-22/h4-6,8-15,18,20,27H,7,16-17,19,31H2,1-3H3/t27-/m1/s1. The maximum atomic E-state index is 13.9. The summed E-state index contributed by atoms with van der Waals surface area (Å²) in [6.07, 6.45) is 0.727. The summed E-state index contributed by atoms with van der Waals surface area (Å²) in [5.41, 5.74) is 10.9. The van der Waals surface area contributed by atoms with Gasteiger partial charge in [0.05, 0.1) is 17.1 Å². The maximum Gasteiger partial charge on any atom is 0.254 e. The highest BCUT2D eigenvalue weighted by atomic mass is 79.9. The van der Waals surface area contributed by atoms with Gasteiger partial charge in [0.2, 0.25) is 0 Å². The Morgan fingerprint density at radius 1 is 1.06 bits per heavy atom. The number of nitrogens with two attached hydrogens (primary N) is 1. The molecule has 0 bridgehead atoms. The number of aromatic nitrogens is 2. The van der Waals surface area contributed by atoms with Crippen LogP contribution in [0.15, 0.2) is 77.3 Å². The van der Waals surface area contributed by atoms with Gasteiger partial charge in [-0.3, -0.25) is 4.79 Å². The third-order valence-electron chi connectivity index (χ3n) is 6.32. The number of amides is 1. The van der Waals surface area contributed by atoms with Crippen LogP contribution in [0.1, 0.15) is 53.6 Å². The highest BCUT2D eigenvalue weighted by molar-refractivity contribution is 9.10. The summed E-state index contributed by atoms with van der Waals surface area (Å²) >= 11 is 3.59. The van der Waals surface area contributed by atoms with Crippen molar-refractivity contribution in [3.63, 3.8) is 0 Å². The van der Waals surface area contributed by atoms with Crippen LogP contribution in [-0.2, 0) is 6.54 Å². The highest BCUT2D eigenvalue weighted by Gasteiger charge is 2.32. The molecule has 0 aliphatic carbocycles. The lowest BCUT2D eigenvalue weighted by Crippen LogP contribution is -2.40. The number of fused-ring (bicyclic) bond motifs is 1. The average molecular weight is 534 g/mol. The zero-order valence-corrected chi connectivity index (χ0v) is 22.2. The number of rotatable bonds is 9. The molecular formula is C29H33BrN4O. The van der Waals surface area contributed by atoms with Crippen molar-refractivity contribution >= 4 is 32.9 Å². The first-order chi connectivity index (χ1) is 16.9. The first-order valence-corrected chi connectivity index (χ1v) is 13.0. The molecule has 4 rings (SSSR count). The second kappa shape index (κ2) is 11.2. The minimum Gasteiger partial charge on any atom is -0.330 e. The number of benzene rings is 3. The lowest BCUT2D eigenvalue weighted by atomic mass is 9.99. The van der Waals surface area contributed by atoms with Crippen LogP contribution in [0.3, 0.4) is 0 Å². The van der Waals surface area contributed by atoms with E-state index >= 15 is 0 Å². The average Bonchev–Trinajstić information content (AvgIpc) is 3.18. The minimum absolute atomic E-state index is 0.0108. The number of nitrogens with zero attached hydrogens (tertiary/aromatic N) is 3. The Kier molecular flexibility index (Phi) is 8.04. The van der Waals surface area contributed by atoms with Crippen molar-refractivity contribution in [1.82, 2.24) is 14.5 Å². The molecule has 6 heteroatoms. The fraction of sp³-hybridized carbons (Fsp3) is 0.310. The number of hydrogen-bond donors (Lipinski definition) is 1. The van der Waals surface area contributed by atoms with Gasteiger partial charge in [0.15, 0.2) is 0 Å². The van der Waals surface area contributed by atoms with E-state index in [-0.39, 0.29) is 17.9 Å². The molecule has 0 radical (unpaired) electrons. The van der Waals surface area contributed by atoms with Gasteiger partial charge in [-0.15, -0.1) is 0 Å². The first kappa shape index (κ1) is 25.1. The quantitative estimate of drug-likeness (QED) is 0.273. The van der Waals surface area contributed by atoms with Crippen LogP contribution in [0, 0.1) is 12.8 Å². The molecular weight excluding hydrogens is 500 g/mol. The van der Waals surface area contributed by atoms with Gasteiger partial charge in [-0.1, -0.05) is 77.8 Å². The third kappa shape index (κ3) is 5.65. The number of carbonyl (C=O) groups is 1. The zero-order chi connectivity index (χ0) is 24.9. The fourth-order valence-corrected chi connectivity index (χ4v) is 4.92. The Labute approximate surface area is 216 Å². The summed E-state index contributed by atoms with van der Waals surface area (Å²) in [5.74, 6) is 1.06. The second-order valence-electron chi connectivity index (χ2n) is 9.37. The molecule has 0 saturated carbocycles. The maximum absolute atomic E-state index is 13.9. The molecule has 0 spiro atoms. The molecule has 0 aliphatic heterocycles. The molecule has 35 heavy (non-hydrogen) atoms. The molecule has 0 unspecified atom stereocenters. The zero-order valence-electron chi connectivity index (χ0n) is 20.6. The summed E-state index contributed by atoms with van der Waals surface area (Å²) in [7, 11) is 0. The molecule has 4 aromatic rings. The topological polar surface area (TPSA) is 64.2 Å². The molecule has 182 valence electrons. The van der Waals surface area contributed by atoms with Crippen molar-refractivity contribution in [3.8, 4) is 0 Å². The van der Waals surface area contributed by atoms with E-state index in [9.17, 15) is 4.79 Å². The van der Waals surface area contributed by atoms with Crippen molar-refractivity contribution in [2.45, 2.75) is 39.8 Å². The molecule has 0 fully saturated rings. The van der Waals surface area contributed by atoms with Gasteiger partial charge in [-0.25, -0.2) is 4.98 Å². The second-order valence-corrected chi connectivity index (χ2v) is 10.3. The molecule has 0 saturated heterocycles. The Morgan fingerprint density at radius 2 is 1.77 bits per heavy atom. The van der Waals surface area contributed by atoms with Crippen molar-refractivity contribution < 1.29 is 4.79 Å². The van der Waals surface area contributed by atoms with Gasteiger partial charge in [0, 0.05) is 23.1 Å². The van der Waals surface area contributed by atoms with Crippen LogP contribution in [0.4, 0.5) is 0 Å². The van der Waals surface area contributed by atoms with E-state index in [2.05, 4.69) is 64.7 Å². The van der Waals surface area contributed by atoms with Gasteiger partial charge < -0.3 is 15.2 Å². The number of aryl methyl sites for hydroxylation is 1. The van der Waals surface area contributed by atoms with Crippen LogP contribution >= 0.6 is 15.9 Å². The van der Waals surface area contributed by atoms with Crippen LogP contribution in [0.25, 0.3) is 11.0 Å². The van der Waals surface area contributed by atoms with E-state index in [0.717, 1.165) is 33.3 Å². The predicted molar refractivity (Wildman–Crippen MR) is 146 cm³/mol. The van der Waals surface area contributed by atoms with E-state index in [0.29, 0.717) is 25.2 Å². The number of carbonyl (C=O) groups excluding carboxylic acids is 1. The Balaban J connectivity index is 1.85. The molecule has 2 N–H and O–H groups in total. The normalized spacial score (nSPS) is 12.3. The van der Waals surface area contributed by atoms with Crippen LogP contribution in [0.5, 0.6) is 0 Å². The van der Waals surface area contributed by atoms with Gasteiger partial charge in [0.25, 0.3) is 5.91 Å². The Morgan fingerprint density at radius 3 is 2.43 bits per heavy atom. The molecule has 0 aliphatic rings. The summed E-state index contributed by atoms with van der Waals surface area (Å²) in [6, 6.07) is 24.2. The molecule has 5 nitrogen and oxygen atoms in total. The summed E-state index contributed by atoms with van der Waals surface area (Å²) in [6.45, 7) is 8.12. The van der Waals surface area contributed by atoms with Gasteiger partial charge in [-0.2, -0.15) is 0 Å². The van der Waals surface area contributed by atoms with Crippen LogP contribution < -0.4 is 5.73 Å². The van der Waals surface area contributed by atoms with Crippen molar-refractivity contribution in [1.29, 1.82) is 0 Å². The van der Waals surface area contributed by atoms with E-state index < -0.39 is 0 Å². The van der Waals surface area contributed by atoms with E-state index in [1.807, 2.05) is 54.3 Å². The molecule has 3 aromatic carbocycles. The Bertz CT molecular complexity index is 1280. The highest BCUT2D eigenvalue weighted by Crippen LogP contribution is 2.33. The van der Waals surface area contributed by atoms with E-state index in [4.69, 9.17) is 10.7 Å². The van der Waals surface area contributed by atoms with Crippen molar-refractivity contribution in [2.75, 3.05) is 13.1 Å². The minimum atomic E-state index is -0.203. The smallest absolute Gasteiger partial charge is 0.254 e. The molecule has 1 amide bonds. The molecule has 1 atom stereocenters. The molecule has 1 aromatic heterocycles. The van der Waals surface area contributed by atoms with Gasteiger partial charge >= 0.3 is 0 Å². The Hall–Kier alpha value is -2.96. The monoisotopic (exact) mass is 532 g/mol. The largest absolute Gasteiger partial charge is 0.330 e. The number of hydrogen-bond acceptors (Lipinski definition) is 3.